The molecule has 4 aliphatic carbocycles. The van der Waals surface area contributed by atoms with E-state index in [0.717, 1.165) is 41.4 Å². The lowest BCUT2D eigenvalue weighted by molar-refractivity contribution is -0.113. The van der Waals surface area contributed by atoms with Crippen LogP contribution in [-0.2, 0) is 0 Å². The van der Waals surface area contributed by atoms with E-state index >= 15 is 0 Å². The van der Waals surface area contributed by atoms with Gasteiger partial charge < -0.3 is 0 Å². The zero-order valence-corrected chi connectivity index (χ0v) is 23.5. The predicted octanol–water partition coefficient (Wildman–Crippen LogP) is 9.69. The molecule has 0 aromatic rings. The van der Waals surface area contributed by atoms with Crippen molar-refractivity contribution in [2.24, 2.45) is 52.3 Å². The summed E-state index contributed by atoms with van der Waals surface area (Å²) in [5, 5.41) is 0.584. The van der Waals surface area contributed by atoms with Crippen molar-refractivity contribution in [1.82, 2.24) is 0 Å². The molecule has 0 amide bonds. The third-order valence-electron chi connectivity index (χ3n) is 11.2. The van der Waals surface area contributed by atoms with Crippen molar-refractivity contribution >= 4 is 28.0 Å². The fourth-order valence-electron chi connectivity index (χ4n) is 9.53. The van der Waals surface area contributed by atoms with Crippen molar-refractivity contribution in [3.05, 3.63) is 0 Å². The summed E-state index contributed by atoms with van der Waals surface area (Å²) in [4.78, 5) is 12.0. The van der Waals surface area contributed by atoms with Crippen LogP contribution in [0, 0.1) is 52.3 Å². The van der Waals surface area contributed by atoms with Gasteiger partial charge in [-0.05, 0) is 116 Å². The average Bonchev–Trinajstić information content (AvgIpc) is 3.11. The van der Waals surface area contributed by atoms with E-state index in [0.29, 0.717) is 20.5 Å². The maximum absolute atomic E-state index is 12.0. The van der Waals surface area contributed by atoms with Gasteiger partial charge in [-0.2, -0.15) is 0 Å². The molecule has 0 spiro atoms. The molecule has 4 fully saturated rings. The van der Waals surface area contributed by atoms with Gasteiger partial charge in [0.25, 0.3) is 0 Å². The van der Waals surface area contributed by atoms with Crippen molar-refractivity contribution in [2.45, 2.75) is 117 Å². The first-order chi connectivity index (χ1) is 15.2. The highest BCUT2D eigenvalue weighted by Crippen LogP contribution is 2.68. The van der Waals surface area contributed by atoms with E-state index in [4.69, 9.17) is 0 Å². The van der Waals surface area contributed by atoms with Gasteiger partial charge in [0.1, 0.15) is 0 Å². The Morgan fingerprint density at radius 1 is 0.906 bits per heavy atom. The van der Waals surface area contributed by atoms with Crippen molar-refractivity contribution < 1.29 is 4.79 Å². The Bertz CT molecular complexity index is 662. The van der Waals surface area contributed by atoms with Crippen LogP contribution in [0.1, 0.15) is 112 Å². The zero-order valence-electron chi connectivity index (χ0n) is 21.8. The highest BCUT2D eigenvalue weighted by atomic mass is 32.2. The molecular formula is C29H50OS2. The summed E-state index contributed by atoms with van der Waals surface area (Å²) in [6.45, 7) is 12.7. The Balaban J connectivity index is 1.42. The molecule has 0 bridgehead atoms. The third kappa shape index (κ3) is 4.74. The first-order valence-corrected chi connectivity index (χ1v) is 16.0. The van der Waals surface area contributed by atoms with Crippen LogP contribution in [0.2, 0.25) is 0 Å². The van der Waals surface area contributed by atoms with E-state index in [9.17, 15) is 4.79 Å². The van der Waals surface area contributed by atoms with Crippen LogP contribution in [0.15, 0.2) is 0 Å². The minimum Gasteiger partial charge on any atom is -0.274 e. The normalized spacial score (nSPS) is 44.6. The number of hydrogen-bond acceptors (Lipinski definition) is 3. The van der Waals surface area contributed by atoms with Gasteiger partial charge in [-0.1, -0.05) is 77.4 Å². The monoisotopic (exact) mass is 478 g/mol. The molecule has 0 saturated heterocycles. The first kappa shape index (κ1) is 25.5. The molecule has 4 aliphatic rings. The average molecular weight is 479 g/mol. The molecule has 184 valence electrons. The lowest BCUT2D eigenvalue weighted by atomic mass is 9.44. The molecule has 0 N–H and O–H groups in total. The summed E-state index contributed by atoms with van der Waals surface area (Å²) in [7, 11) is 0. The molecule has 4 rings (SSSR count). The molecule has 0 aromatic heterocycles. The molecule has 0 radical (unpaired) electrons. The summed E-state index contributed by atoms with van der Waals surface area (Å²) >= 11 is 3.06. The summed E-state index contributed by atoms with van der Waals surface area (Å²) in [6, 6.07) is 0. The van der Waals surface area contributed by atoms with Crippen LogP contribution in [0.3, 0.4) is 0 Å². The van der Waals surface area contributed by atoms with Gasteiger partial charge in [-0.15, -0.1) is 0 Å². The van der Waals surface area contributed by atoms with E-state index in [1.165, 1.54) is 88.8 Å². The van der Waals surface area contributed by atoms with Gasteiger partial charge in [-0.25, -0.2) is 0 Å². The molecule has 32 heavy (non-hydrogen) atoms. The van der Waals surface area contributed by atoms with Crippen molar-refractivity contribution in [2.75, 3.05) is 6.26 Å². The summed E-state index contributed by atoms with van der Waals surface area (Å²) in [5.41, 5.74) is 1.16. The quantitative estimate of drug-likeness (QED) is 0.378. The van der Waals surface area contributed by atoms with Crippen molar-refractivity contribution in [3.63, 3.8) is 0 Å². The van der Waals surface area contributed by atoms with Gasteiger partial charge >= 0.3 is 0 Å². The highest BCUT2D eigenvalue weighted by molar-refractivity contribution is 8.38. The van der Waals surface area contributed by atoms with Crippen molar-refractivity contribution in [3.8, 4) is 0 Å². The van der Waals surface area contributed by atoms with Gasteiger partial charge in [0.2, 0.25) is 4.45 Å². The van der Waals surface area contributed by atoms with E-state index in [1.807, 2.05) is 6.26 Å². The Morgan fingerprint density at radius 2 is 1.62 bits per heavy atom. The highest BCUT2D eigenvalue weighted by Gasteiger charge is 2.60. The molecular weight excluding hydrogens is 428 g/mol. The number of fused-ring (bicyclic) bond motifs is 5. The molecule has 0 unspecified atom stereocenters. The maximum Gasteiger partial charge on any atom is 0.246 e. The fourth-order valence-corrected chi connectivity index (χ4v) is 11.2. The zero-order chi connectivity index (χ0) is 23.1. The lowest BCUT2D eigenvalue weighted by Crippen LogP contribution is -2.54. The van der Waals surface area contributed by atoms with Gasteiger partial charge in [-0.3, -0.25) is 4.79 Å². The van der Waals surface area contributed by atoms with E-state index < -0.39 is 0 Å². The van der Waals surface area contributed by atoms with Crippen LogP contribution < -0.4 is 0 Å². The summed E-state index contributed by atoms with van der Waals surface area (Å²) in [5.74, 6) is 6.52. The van der Waals surface area contributed by atoms with Crippen LogP contribution in [0.25, 0.3) is 0 Å². The van der Waals surface area contributed by atoms with Gasteiger partial charge in [0.15, 0.2) is 0 Å². The maximum atomic E-state index is 12.0. The van der Waals surface area contributed by atoms with Gasteiger partial charge in [0, 0.05) is 5.25 Å². The fraction of sp³-hybridized carbons (Fsp3) is 0.966. The van der Waals surface area contributed by atoms with Crippen LogP contribution in [0.4, 0.5) is 4.79 Å². The Morgan fingerprint density at radius 3 is 2.34 bits per heavy atom. The largest absolute Gasteiger partial charge is 0.274 e. The van der Waals surface area contributed by atoms with E-state index in [2.05, 4.69) is 34.6 Å². The summed E-state index contributed by atoms with van der Waals surface area (Å²) < 4.78 is 0.334. The Kier molecular flexibility index (Phi) is 8.08. The predicted molar refractivity (Wildman–Crippen MR) is 143 cm³/mol. The number of thioether (sulfide) groups is 2. The first-order valence-electron chi connectivity index (χ1n) is 13.9. The third-order valence-corrected chi connectivity index (χ3v) is 13.3. The Labute approximate surface area is 207 Å². The van der Waals surface area contributed by atoms with Crippen LogP contribution in [-0.4, -0.2) is 16.0 Å². The summed E-state index contributed by atoms with van der Waals surface area (Å²) in [6.07, 6.45) is 19.1. The molecule has 0 heterocycles. The smallest absolute Gasteiger partial charge is 0.246 e. The number of carbonyl (C=O) groups is 1. The number of carbonyl (C=O) groups excluding carboxylic acids is 1. The topological polar surface area (TPSA) is 17.1 Å². The SMILES string of the molecule is CSC(=O)S[C@@H]1CC[C@@]2(C)[C@@H](CC[C@@H]3[C@@H]2CC[C@]2(C)[C@@H]([C@H](C)CCCC(C)C)CC[C@@H]32)C1. The second-order valence-corrected chi connectivity index (χ2v) is 15.5. The van der Waals surface area contributed by atoms with Crippen LogP contribution in [0.5, 0.6) is 0 Å². The number of hydrogen-bond donors (Lipinski definition) is 0. The molecule has 9 atom stereocenters. The van der Waals surface area contributed by atoms with Gasteiger partial charge in [0.05, 0.1) is 0 Å². The second kappa shape index (κ2) is 10.2. The molecule has 1 nitrogen and oxygen atoms in total. The van der Waals surface area contributed by atoms with Crippen LogP contribution >= 0.6 is 23.5 Å². The van der Waals surface area contributed by atoms with E-state index in [1.54, 1.807) is 11.8 Å². The minimum atomic E-state index is 0.334. The Hall–Kier alpha value is 0.370. The molecule has 0 aliphatic heterocycles. The lowest BCUT2D eigenvalue weighted by Gasteiger charge is -2.61. The molecule has 3 heteroatoms. The van der Waals surface area contributed by atoms with E-state index in [-0.39, 0.29) is 0 Å². The number of rotatable bonds is 6. The molecule has 0 aromatic carbocycles. The molecule has 4 saturated carbocycles. The minimum absolute atomic E-state index is 0.334. The van der Waals surface area contributed by atoms with Crippen molar-refractivity contribution in [1.29, 1.82) is 0 Å². The second-order valence-electron chi connectivity index (χ2n) is 13.2. The standard InChI is InChI=1S/C29H50OS2/c1-19(2)8-7-9-20(3)24-12-13-25-23-11-10-21-18-22(32-27(30)31-6)14-16-28(21,4)26(23)15-17-29(24,25)5/h19-26H,7-18H2,1-6H3/t20-,21+,22-,23+,24-,25+,26+,28+,29-/m1/s1.